The van der Waals surface area contributed by atoms with Gasteiger partial charge in [0.15, 0.2) is 4.73 Å². The molecule has 0 radical (unpaired) electrons. The van der Waals surface area contributed by atoms with Crippen LogP contribution in [0.2, 0.25) is 5.02 Å². The Kier molecular flexibility index (Phi) is 2.09. The number of aromatic nitrogens is 2. The lowest BCUT2D eigenvalue weighted by atomic mass is 10.2. The van der Waals surface area contributed by atoms with Crippen LogP contribution in [0.4, 0.5) is 5.82 Å². The summed E-state index contributed by atoms with van der Waals surface area (Å²) in [5.74, 6) is 0.430. The van der Waals surface area contributed by atoms with E-state index in [1.807, 2.05) is 0 Å². The van der Waals surface area contributed by atoms with E-state index in [2.05, 4.69) is 25.9 Å². The molecule has 2 aromatic rings. The van der Waals surface area contributed by atoms with Crippen molar-refractivity contribution in [3.05, 3.63) is 28.0 Å². The molecule has 0 saturated heterocycles. The molecule has 0 fully saturated rings. The summed E-state index contributed by atoms with van der Waals surface area (Å²) in [5, 5.41) is 1.40. The molecule has 1 aromatic heterocycles. The van der Waals surface area contributed by atoms with E-state index in [9.17, 15) is 0 Å². The van der Waals surface area contributed by atoms with Crippen LogP contribution in [0, 0.1) is 0 Å². The topological polar surface area (TPSA) is 51.8 Å². The number of fused-ring (bicyclic) bond motifs is 1. The molecule has 0 amide bonds. The van der Waals surface area contributed by atoms with Crippen LogP contribution >= 0.6 is 27.5 Å². The number of benzene rings is 1. The van der Waals surface area contributed by atoms with Crippen LogP contribution in [0.1, 0.15) is 0 Å². The number of hydrogen-bond donors (Lipinski definition) is 1. The average molecular weight is 259 g/mol. The van der Waals surface area contributed by atoms with Gasteiger partial charge in [0.25, 0.3) is 0 Å². The molecular formula is C8H5BrClN3. The number of nitrogen functional groups attached to an aromatic ring is 1. The molecule has 3 nitrogen and oxygen atoms in total. The first-order valence-electron chi connectivity index (χ1n) is 3.55. The molecule has 0 spiro atoms. The third-order valence-corrected chi connectivity index (χ3v) is 2.25. The summed E-state index contributed by atoms with van der Waals surface area (Å²) >= 11 is 8.97. The van der Waals surface area contributed by atoms with E-state index in [0.717, 1.165) is 10.9 Å². The zero-order valence-electron chi connectivity index (χ0n) is 6.46. The van der Waals surface area contributed by atoms with Gasteiger partial charge in [-0.2, -0.15) is 0 Å². The average Bonchev–Trinajstić information content (AvgIpc) is 2.06. The molecule has 0 bridgehead atoms. The largest absolute Gasteiger partial charge is 0.383 e. The minimum Gasteiger partial charge on any atom is -0.383 e. The molecule has 0 atom stereocenters. The molecule has 66 valence electrons. The van der Waals surface area contributed by atoms with E-state index in [1.165, 1.54) is 0 Å². The second-order valence-corrected chi connectivity index (χ2v) is 3.69. The van der Waals surface area contributed by atoms with E-state index in [0.29, 0.717) is 15.6 Å². The minimum atomic E-state index is 0.430. The van der Waals surface area contributed by atoms with E-state index in [1.54, 1.807) is 18.2 Å². The van der Waals surface area contributed by atoms with Gasteiger partial charge in [0.2, 0.25) is 0 Å². The van der Waals surface area contributed by atoms with Crippen molar-refractivity contribution in [1.29, 1.82) is 0 Å². The predicted molar refractivity (Wildman–Crippen MR) is 56.7 cm³/mol. The van der Waals surface area contributed by atoms with Gasteiger partial charge >= 0.3 is 0 Å². The van der Waals surface area contributed by atoms with Gasteiger partial charge in [-0.1, -0.05) is 11.6 Å². The highest BCUT2D eigenvalue weighted by atomic mass is 79.9. The lowest BCUT2D eigenvalue weighted by molar-refractivity contribution is 1.17. The molecule has 0 saturated carbocycles. The third kappa shape index (κ3) is 1.59. The molecule has 0 aliphatic carbocycles. The van der Waals surface area contributed by atoms with Crippen molar-refractivity contribution in [2.45, 2.75) is 0 Å². The first-order valence-corrected chi connectivity index (χ1v) is 4.72. The first-order chi connectivity index (χ1) is 6.16. The van der Waals surface area contributed by atoms with Crippen molar-refractivity contribution < 1.29 is 0 Å². The zero-order valence-corrected chi connectivity index (χ0v) is 8.80. The summed E-state index contributed by atoms with van der Waals surface area (Å²) < 4.78 is 0.486. The Bertz CT molecular complexity index is 472. The second kappa shape index (κ2) is 3.12. The van der Waals surface area contributed by atoms with Gasteiger partial charge in [-0.15, -0.1) is 0 Å². The number of rotatable bonds is 0. The maximum Gasteiger partial charge on any atom is 0.199 e. The van der Waals surface area contributed by atoms with Crippen molar-refractivity contribution in [2.75, 3.05) is 5.73 Å². The van der Waals surface area contributed by atoms with Gasteiger partial charge in [0, 0.05) is 10.4 Å². The van der Waals surface area contributed by atoms with Crippen LogP contribution in [0.5, 0.6) is 0 Å². The molecule has 2 N–H and O–H groups in total. The van der Waals surface area contributed by atoms with Gasteiger partial charge in [-0.05, 0) is 34.1 Å². The fourth-order valence-electron chi connectivity index (χ4n) is 1.09. The molecule has 5 heteroatoms. The van der Waals surface area contributed by atoms with Crippen molar-refractivity contribution in [3.8, 4) is 0 Å². The predicted octanol–water partition coefficient (Wildman–Crippen LogP) is 2.63. The van der Waals surface area contributed by atoms with Gasteiger partial charge in [-0.3, -0.25) is 0 Å². The summed E-state index contributed by atoms with van der Waals surface area (Å²) in [7, 11) is 0. The number of halogens is 2. The summed E-state index contributed by atoms with van der Waals surface area (Å²) in [4.78, 5) is 8.11. The Morgan fingerprint density at radius 2 is 2.08 bits per heavy atom. The molecule has 1 heterocycles. The number of anilines is 1. The van der Waals surface area contributed by atoms with Gasteiger partial charge in [0.1, 0.15) is 5.82 Å². The van der Waals surface area contributed by atoms with Crippen LogP contribution < -0.4 is 5.73 Å². The Labute approximate surface area is 88.1 Å². The third-order valence-electron chi connectivity index (χ3n) is 1.66. The van der Waals surface area contributed by atoms with E-state index in [4.69, 9.17) is 17.3 Å². The first kappa shape index (κ1) is 8.72. The molecule has 1 aromatic carbocycles. The molecule has 13 heavy (non-hydrogen) atoms. The normalized spacial score (nSPS) is 10.6. The smallest absolute Gasteiger partial charge is 0.199 e. The maximum atomic E-state index is 5.81. The van der Waals surface area contributed by atoms with Crippen molar-refractivity contribution >= 4 is 44.3 Å². The minimum absolute atomic E-state index is 0.430. The second-order valence-electron chi connectivity index (χ2n) is 2.54. The van der Waals surface area contributed by atoms with Gasteiger partial charge < -0.3 is 5.73 Å². The van der Waals surface area contributed by atoms with Crippen LogP contribution in [-0.2, 0) is 0 Å². The summed E-state index contributed by atoms with van der Waals surface area (Å²) in [6.07, 6.45) is 0. The Balaban J connectivity index is 2.87. The highest BCUT2D eigenvalue weighted by molar-refractivity contribution is 9.10. The standard InChI is InChI=1S/C8H5BrClN3/c9-8-12-6-2-1-4(10)3-5(6)7(11)13-8/h1-3H,(H2,11,12,13). The van der Waals surface area contributed by atoms with E-state index < -0.39 is 0 Å². The highest BCUT2D eigenvalue weighted by Crippen LogP contribution is 2.23. The summed E-state index contributed by atoms with van der Waals surface area (Å²) in [5.41, 5.74) is 6.47. The fourth-order valence-corrected chi connectivity index (χ4v) is 1.65. The molecule has 0 aliphatic rings. The number of nitrogens with zero attached hydrogens (tertiary/aromatic N) is 2. The molecule has 0 unspecified atom stereocenters. The van der Waals surface area contributed by atoms with Crippen molar-refractivity contribution in [3.63, 3.8) is 0 Å². The molecule has 0 aliphatic heterocycles. The van der Waals surface area contributed by atoms with Gasteiger partial charge in [-0.25, -0.2) is 9.97 Å². The maximum absolute atomic E-state index is 5.81. The number of hydrogen-bond acceptors (Lipinski definition) is 3. The van der Waals surface area contributed by atoms with Gasteiger partial charge in [0.05, 0.1) is 5.52 Å². The Morgan fingerprint density at radius 1 is 1.31 bits per heavy atom. The monoisotopic (exact) mass is 257 g/mol. The van der Waals surface area contributed by atoms with Crippen molar-refractivity contribution in [2.24, 2.45) is 0 Å². The SMILES string of the molecule is Nc1nc(Br)nc2ccc(Cl)cc12. The molecular weight excluding hydrogens is 253 g/mol. The Morgan fingerprint density at radius 3 is 2.85 bits per heavy atom. The number of nitrogens with two attached hydrogens (primary N) is 1. The van der Waals surface area contributed by atoms with E-state index in [-0.39, 0.29) is 0 Å². The lowest BCUT2D eigenvalue weighted by Gasteiger charge is -2.01. The Hall–Kier alpha value is -0.870. The fraction of sp³-hybridized carbons (Fsp3) is 0. The summed E-state index contributed by atoms with van der Waals surface area (Å²) in [6.45, 7) is 0. The summed E-state index contributed by atoms with van der Waals surface area (Å²) in [6, 6.07) is 5.32. The van der Waals surface area contributed by atoms with Crippen molar-refractivity contribution in [1.82, 2.24) is 9.97 Å². The zero-order chi connectivity index (χ0) is 9.42. The van der Waals surface area contributed by atoms with Crippen LogP contribution in [-0.4, -0.2) is 9.97 Å². The molecule has 2 rings (SSSR count). The highest BCUT2D eigenvalue weighted by Gasteiger charge is 2.03. The van der Waals surface area contributed by atoms with Crippen LogP contribution in [0.25, 0.3) is 10.9 Å². The quantitative estimate of drug-likeness (QED) is 0.739. The van der Waals surface area contributed by atoms with Crippen LogP contribution in [0.3, 0.4) is 0 Å². The lowest BCUT2D eigenvalue weighted by Crippen LogP contribution is -1.94. The van der Waals surface area contributed by atoms with Crippen LogP contribution in [0.15, 0.2) is 22.9 Å². The van der Waals surface area contributed by atoms with E-state index >= 15 is 0 Å².